The van der Waals surface area contributed by atoms with Gasteiger partial charge in [0, 0.05) is 22.2 Å². The number of benzene rings is 1. The van der Waals surface area contributed by atoms with Crippen LogP contribution in [0.5, 0.6) is 0 Å². The molecule has 0 spiro atoms. The number of H-pyrrole nitrogens is 1. The van der Waals surface area contributed by atoms with E-state index < -0.39 is 0 Å². The summed E-state index contributed by atoms with van der Waals surface area (Å²) < 4.78 is 0. The Balaban J connectivity index is 2.91. The van der Waals surface area contributed by atoms with Crippen LogP contribution in [0.2, 0.25) is 0 Å². The van der Waals surface area contributed by atoms with Crippen molar-refractivity contribution in [2.75, 3.05) is 0 Å². The predicted molar refractivity (Wildman–Crippen MR) is 57.2 cm³/mol. The van der Waals surface area contributed by atoms with E-state index in [2.05, 4.69) is 44.8 Å². The van der Waals surface area contributed by atoms with E-state index >= 15 is 0 Å². The van der Waals surface area contributed by atoms with E-state index in [0.29, 0.717) is 0 Å². The fraction of sp³-hybridized carbons (Fsp3) is 0.333. The molecule has 0 aliphatic heterocycles. The quantitative estimate of drug-likeness (QED) is 0.628. The van der Waals surface area contributed by atoms with Gasteiger partial charge in [0.15, 0.2) is 0 Å². The third-order valence-corrected chi connectivity index (χ3v) is 2.82. The van der Waals surface area contributed by atoms with Crippen LogP contribution in [0, 0.1) is 27.7 Å². The molecular formula is C12H15N. The van der Waals surface area contributed by atoms with E-state index in [4.69, 9.17) is 0 Å². The molecule has 0 saturated carbocycles. The topological polar surface area (TPSA) is 15.8 Å². The predicted octanol–water partition coefficient (Wildman–Crippen LogP) is 3.40. The maximum absolute atomic E-state index is 3.37. The zero-order valence-corrected chi connectivity index (χ0v) is 8.65. The van der Waals surface area contributed by atoms with Gasteiger partial charge < -0.3 is 4.98 Å². The number of hydrogen-bond acceptors (Lipinski definition) is 0. The highest BCUT2D eigenvalue weighted by molar-refractivity contribution is 5.89. The average molecular weight is 173 g/mol. The van der Waals surface area contributed by atoms with Gasteiger partial charge in [-0.25, -0.2) is 0 Å². The van der Waals surface area contributed by atoms with Crippen molar-refractivity contribution in [1.82, 2.24) is 4.98 Å². The lowest BCUT2D eigenvalue weighted by Crippen LogP contribution is -1.80. The van der Waals surface area contributed by atoms with Gasteiger partial charge in [0.2, 0.25) is 0 Å². The summed E-state index contributed by atoms with van der Waals surface area (Å²) in [5.41, 5.74) is 5.29. The van der Waals surface area contributed by atoms with Gasteiger partial charge in [-0.05, 0) is 51.0 Å². The highest BCUT2D eigenvalue weighted by atomic mass is 14.7. The van der Waals surface area contributed by atoms with E-state index in [-0.39, 0.29) is 0 Å². The average Bonchev–Trinajstić information content (AvgIpc) is 2.31. The Morgan fingerprint density at radius 1 is 0.769 bits per heavy atom. The molecule has 0 fully saturated rings. The number of aromatic amines is 1. The van der Waals surface area contributed by atoms with Crippen molar-refractivity contribution >= 4 is 10.8 Å². The lowest BCUT2D eigenvalue weighted by molar-refractivity contribution is 1.20. The largest absolute Gasteiger partial charge is 0.362 e. The molecule has 2 rings (SSSR count). The molecule has 13 heavy (non-hydrogen) atoms. The first kappa shape index (κ1) is 8.36. The van der Waals surface area contributed by atoms with Crippen molar-refractivity contribution in [3.8, 4) is 0 Å². The minimum atomic E-state index is 1.27. The van der Waals surface area contributed by atoms with Gasteiger partial charge in [-0.3, -0.25) is 0 Å². The standard InChI is InChI=1S/C12H15N/c1-7-5-11-9(3)13-10(4)12(11)6-8(7)2/h5-6,13H,1-4H3. The van der Waals surface area contributed by atoms with Gasteiger partial charge in [-0.2, -0.15) is 0 Å². The number of nitrogens with one attached hydrogen (secondary N) is 1. The molecule has 0 saturated heterocycles. The Kier molecular flexibility index (Phi) is 1.69. The molecule has 0 bridgehead atoms. The number of hydrogen-bond donors (Lipinski definition) is 1. The molecule has 0 aliphatic rings. The summed E-state index contributed by atoms with van der Waals surface area (Å²) in [4.78, 5) is 3.37. The van der Waals surface area contributed by atoms with Crippen molar-refractivity contribution in [3.05, 3.63) is 34.6 Å². The minimum absolute atomic E-state index is 1.27. The molecule has 0 amide bonds. The Morgan fingerprint density at radius 2 is 1.15 bits per heavy atom. The second-order valence-electron chi connectivity index (χ2n) is 3.86. The molecule has 0 atom stereocenters. The van der Waals surface area contributed by atoms with Gasteiger partial charge in [0.05, 0.1) is 0 Å². The maximum Gasteiger partial charge on any atom is 0.0197 e. The smallest absolute Gasteiger partial charge is 0.0197 e. The first-order chi connectivity index (χ1) is 6.09. The van der Waals surface area contributed by atoms with Gasteiger partial charge in [0.25, 0.3) is 0 Å². The van der Waals surface area contributed by atoms with Crippen LogP contribution in [0.15, 0.2) is 12.1 Å². The number of rotatable bonds is 0. The van der Waals surface area contributed by atoms with Crippen LogP contribution in [0.4, 0.5) is 0 Å². The van der Waals surface area contributed by atoms with Crippen LogP contribution < -0.4 is 0 Å². The molecular weight excluding hydrogens is 158 g/mol. The van der Waals surface area contributed by atoms with E-state index in [1.54, 1.807) is 0 Å². The van der Waals surface area contributed by atoms with Crippen molar-refractivity contribution in [2.45, 2.75) is 27.7 Å². The van der Waals surface area contributed by atoms with Gasteiger partial charge >= 0.3 is 0 Å². The van der Waals surface area contributed by atoms with Gasteiger partial charge in [0.1, 0.15) is 0 Å². The Bertz CT molecular complexity index is 421. The Morgan fingerprint density at radius 3 is 1.54 bits per heavy atom. The number of fused-ring (bicyclic) bond motifs is 1. The van der Waals surface area contributed by atoms with E-state index in [1.165, 1.54) is 33.3 Å². The normalized spacial score (nSPS) is 11.1. The summed E-state index contributed by atoms with van der Waals surface area (Å²) in [6.45, 7) is 8.58. The number of aromatic nitrogens is 1. The maximum atomic E-state index is 3.37. The molecule has 1 aromatic carbocycles. The fourth-order valence-electron chi connectivity index (χ4n) is 1.85. The van der Waals surface area contributed by atoms with Crippen LogP contribution in [-0.2, 0) is 0 Å². The molecule has 1 heterocycles. The van der Waals surface area contributed by atoms with E-state index in [1.807, 2.05) is 0 Å². The molecule has 0 radical (unpaired) electrons. The Hall–Kier alpha value is -1.24. The summed E-state index contributed by atoms with van der Waals surface area (Å²) in [7, 11) is 0. The van der Waals surface area contributed by atoms with Crippen LogP contribution >= 0.6 is 0 Å². The van der Waals surface area contributed by atoms with Crippen molar-refractivity contribution in [2.24, 2.45) is 0 Å². The molecule has 2 aromatic rings. The van der Waals surface area contributed by atoms with Gasteiger partial charge in [-0.15, -0.1) is 0 Å². The molecule has 0 aliphatic carbocycles. The zero-order valence-electron chi connectivity index (χ0n) is 8.65. The molecule has 68 valence electrons. The zero-order chi connectivity index (χ0) is 9.59. The first-order valence-electron chi connectivity index (χ1n) is 4.65. The minimum Gasteiger partial charge on any atom is -0.362 e. The Labute approximate surface area is 78.8 Å². The van der Waals surface area contributed by atoms with Crippen molar-refractivity contribution in [3.63, 3.8) is 0 Å². The molecule has 1 heteroatoms. The summed E-state index contributed by atoms with van der Waals surface area (Å²) in [6, 6.07) is 4.53. The third kappa shape index (κ3) is 1.15. The van der Waals surface area contributed by atoms with Crippen molar-refractivity contribution < 1.29 is 0 Å². The lowest BCUT2D eigenvalue weighted by atomic mass is 10.0. The highest BCUT2D eigenvalue weighted by Gasteiger charge is 2.05. The van der Waals surface area contributed by atoms with Crippen LogP contribution in [0.1, 0.15) is 22.5 Å². The molecule has 1 nitrogen and oxygen atoms in total. The van der Waals surface area contributed by atoms with Crippen LogP contribution in [0.3, 0.4) is 0 Å². The third-order valence-electron chi connectivity index (χ3n) is 2.82. The monoisotopic (exact) mass is 173 g/mol. The molecule has 1 N–H and O–H groups in total. The summed E-state index contributed by atoms with van der Waals surface area (Å²) in [6.07, 6.45) is 0. The molecule has 0 unspecified atom stereocenters. The van der Waals surface area contributed by atoms with Gasteiger partial charge in [-0.1, -0.05) is 0 Å². The fourth-order valence-corrected chi connectivity index (χ4v) is 1.85. The summed E-state index contributed by atoms with van der Waals surface area (Å²) in [5.74, 6) is 0. The first-order valence-corrected chi connectivity index (χ1v) is 4.65. The second-order valence-corrected chi connectivity index (χ2v) is 3.86. The highest BCUT2D eigenvalue weighted by Crippen LogP contribution is 2.24. The van der Waals surface area contributed by atoms with E-state index in [0.717, 1.165) is 0 Å². The second kappa shape index (κ2) is 2.63. The summed E-state index contributed by atoms with van der Waals surface area (Å²) in [5, 5.41) is 2.72. The molecule has 1 aromatic heterocycles. The van der Waals surface area contributed by atoms with E-state index in [9.17, 15) is 0 Å². The van der Waals surface area contributed by atoms with Crippen LogP contribution in [-0.4, -0.2) is 4.98 Å². The summed E-state index contributed by atoms with van der Waals surface area (Å²) >= 11 is 0. The number of aryl methyl sites for hydroxylation is 4. The lowest BCUT2D eigenvalue weighted by Gasteiger charge is -2.00. The van der Waals surface area contributed by atoms with Crippen molar-refractivity contribution in [1.29, 1.82) is 0 Å². The van der Waals surface area contributed by atoms with Crippen LogP contribution in [0.25, 0.3) is 10.8 Å². The SMILES string of the molecule is Cc1cc2c(C)[nH]c(C)c2cc1C.